The van der Waals surface area contributed by atoms with Gasteiger partial charge < -0.3 is 5.73 Å². The molecular formula is C13H17N5. The van der Waals surface area contributed by atoms with E-state index in [-0.39, 0.29) is 0 Å². The number of aromatic nitrogens is 4. The van der Waals surface area contributed by atoms with Gasteiger partial charge in [-0.15, -0.1) is 5.10 Å². The van der Waals surface area contributed by atoms with Gasteiger partial charge in [-0.3, -0.25) is 0 Å². The molecule has 0 spiro atoms. The number of tetrazole rings is 1. The van der Waals surface area contributed by atoms with Crippen molar-refractivity contribution in [2.45, 2.75) is 32.2 Å². The summed E-state index contributed by atoms with van der Waals surface area (Å²) in [6.07, 6.45) is 5.21. The first-order valence-electron chi connectivity index (χ1n) is 6.45. The van der Waals surface area contributed by atoms with E-state index in [4.69, 9.17) is 5.73 Å². The van der Waals surface area contributed by atoms with E-state index in [0.29, 0.717) is 0 Å². The molecule has 1 saturated carbocycles. The quantitative estimate of drug-likeness (QED) is 0.816. The number of aryl methyl sites for hydroxylation is 1. The van der Waals surface area contributed by atoms with Crippen LogP contribution in [-0.4, -0.2) is 20.2 Å². The fraction of sp³-hybridized carbons (Fsp3) is 0.462. The Kier molecular flexibility index (Phi) is 2.96. The number of nitrogens with two attached hydrogens (primary N) is 1. The SMILES string of the molecule is Nc1ccccc1-c1nnnn1CCCC1CC1. The molecular weight excluding hydrogens is 226 g/mol. The number of para-hydroxylation sites is 1. The van der Waals surface area contributed by atoms with Crippen molar-refractivity contribution >= 4 is 5.69 Å². The molecule has 1 heterocycles. The molecule has 0 bridgehead atoms. The Balaban J connectivity index is 1.75. The predicted molar refractivity (Wildman–Crippen MR) is 69.6 cm³/mol. The molecule has 94 valence electrons. The van der Waals surface area contributed by atoms with Crippen molar-refractivity contribution in [2.75, 3.05) is 5.73 Å². The van der Waals surface area contributed by atoms with E-state index in [1.54, 1.807) is 0 Å². The first-order chi connectivity index (χ1) is 8.84. The minimum absolute atomic E-state index is 0.718. The van der Waals surface area contributed by atoms with Crippen LogP contribution in [0.15, 0.2) is 24.3 Å². The summed E-state index contributed by atoms with van der Waals surface area (Å²) in [5, 5.41) is 11.9. The average Bonchev–Trinajstić information content (AvgIpc) is 3.08. The summed E-state index contributed by atoms with van der Waals surface area (Å²) in [7, 11) is 0. The molecule has 3 rings (SSSR count). The highest BCUT2D eigenvalue weighted by molar-refractivity contribution is 5.70. The number of rotatable bonds is 5. The normalized spacial score (nSPS) is 14.9. The van der Waals surface area contributed by atoms with Crippen LogP contribution in [0.1, 0.15) is 25.7 Å². The molecule has 1 aromatic heterocycles. The van der Waals surface area contributed by atoms with Gasteiger partial charge in [0.2, 0.25) is 0 Å². The van der Waals surface area contributed by atoms with Crippen molar-refractivity contribution in [3.05, 3.63) is 24.3 Å². The number of nitrogens with zero attached hydrogens (tertiary/aromatic N) is 4. The first-order valence-corrected chi connectivity index (χ1v) is 6.45. The molecule has 1 aromatic carbocycles. The lowest BCUT2D eigenvalue weighted by atomic mass is 10.1. The molecule has 0 unspecified atom stereocenters. The van der Waals surface area contributed by atoms with Crippen molar-refractivity contribution in [1.82, 2.24) is 20.2 Å². The van der Waals surface area contributed by atoms with Crippen LogP contribution in [0, 0.1) is 5.92 Å². The standard InChI is InChI=1S/C13H17N5/c14-12-6-2-1-5-11(12)13-15-16-17-18(13)9-3-4-10-7-8-10/h1-2,5-6,10H,3-4,7-9,14H2. The van der Waals surface area contributed by atoms with Gasteiger partial charge in [0.1, 0.15) is 0 Å². The van der Waals surface area contributed by atoms with Crippen molar-refractivity contribution in [2.24, 2.45) is 5.92 Å². The van der Waals surface area contributed by atoms with Gasteiger partial charge >= 0.3 is 0 Å². The van der Waals surface area contributed by atoms with Crippen molar-refractivity contribution in [3.8, 4) is 11.4 Å². The van der Waals surface area contributed by atoms with Gasteiger partial charge in [-0.05, 0) is 41.3 Å². The summed E-state index contributed by atoms with van der Waals surface area (Å²) in [4.78, 5) is 0. The van der Waals surface area contributed by atoms with Crippen LogP contribution in [0.3, 0.4) is 0 Å². The van der Waals surface area contributed by atoms with Crippen LogP contribution in [0.5, 0.6) is 0 Å². The van der Waals surface area contributed by atoms with E-state index in [0.717, 1.165) is 36.0 Å². The number of nitrogen functional groups attached to an aromatic ring is 1. The zero-order chi connectivity index (χ0) is 12.4. The topological polar surface area (TPSA) is 69.6 Å². The van der Waals surface area contributed by atoms with Crippen LogP contribution >= 0.6 is 0 Å². The van der Waals surface area contributed by atoms with Crippen LogP contribution < -0.4 is 5.73 Å². The molecule has 5 heteroatoms. The molecule has 1 aliphatic rings. The third-order valence-corrected chi connectivity index (χ3v) is 3.41. The molecule has 0 saturated heterocycles. The Labute approximate surface area is 106 Å². The van der Waals surface area contributed by atoms with E-state index < -0.39 is 0 Å². The van der Waals surface area contributed by atoms with Crippen molar-refractivity contribution in [3.63, 3.8) is 0 Å². The summed E-state index contributed by atoms with van der Waals surface area (Å²) in [5.41, 5.74) is 7.59. The highest BCUT2D eigenvalue weighted by atomic mass is 15.5. The second kappa shape index (κ2) is 4.76. The molecule has 2 aromatic rings. The van der Waals surface area contributed by atoms with E-state index in [9.17, 15) is 0 Å². The minimum atomic E-state index is 0.718. The van der Waals surface area contributed by atoms with Gasteiger partial charge in [-0.1, -0.05) is 25.0 Å². The Bertz CT molecular complexity index is 530. The maximum absolute atomic E-state index is 5.96. The number of hydrogen-bond acceptors (Lipinski definition) is 4. The summed E-state index contributed by atoms with van der Waals surface area (Å²) >= 11 is 0. The third-order valence-electron chi connectivity index (χ3n) is 3.41. The molecule has 0 radical (unpaired) electrons. The van der Waals surface area contributed by atoms with Gasteiger partial charge in [0.25, 0.3) is 0 Å². The lowest BCUT2D eigenvalue weighted by Crippen LogP contribution is -2.04. The number of anilines is 1. The van der Waals surface area contributed by atoms with Gasteiger partial charge in [-0.2, -0.15) is 0 Å². The molecule has 18 heavy (non-hydrogen) atoms. The van der Waals surface area contributed by atoms with Crippen LogP contribution in [0.2, 0.25) is 0 Å². The lowest BCUT2D eigenvalue weighted by Gasteiger charge is -2.06. The smallest absolute Gasteiger partial charge is 0.184 e. The van der Waals surface area contributed by atoms with Gasteiger partial charge in [-0.25, -0.2) is 4.68 Å². The van der Waals surface area contributed by atoms with Gasteiger partial charge in [0.15, 0.2) is 5.82 Å². The fourth-order valence-electron chi connectivity index (χ4n) is 2.19. The Morgan fingerprint density at radius 2 is 2.11 bits per heavy atom. The summed E-state index contributed by atoms with van der Waals surface area (Å²) in [6.45, 7) is 0.868. The van der Waals surface area contributed by atoms with Crippen LogP contribution in [0.25, 0.3) is 11.4 Å². The van der Waals surface area contributed by atoms with Gasteiger partial charge in [0.05, 0.1) is 0 Å². The second-order valence-electron chi connectivity index (χ2n) is 4.90. The predicted octanol–water partition coefficient (Wildman–Crippen LogP) is 2.11. The maximum atomic E-state index is 5.96. The highest BCUT2D eigenvalue weighted by Gasteiger charge is 2.20. The maximum Gasteiger partial charge on any atom is 0.184 e. The average molecular weight is 243 g/mol. The van der Waals surface area contributed by atoms with Crippen molar-refractivity contribution < 1.29 is 0 Å². The molecule has 5 nitrogen and oxygen atoms in total. The minimum Gasteiger partial charge on any atom is -0.398 e. The Morgan fingerprint density at radius 3 is 2.89 bits per heavy atom. The largest absolute Gasteiger partial charge is 0.398 e. The lowest BCUT2D eigenvalue weighted by molar-refractivity contribution is 0.527. The molecule has 1 aliphatic carbocycles. The zero-order valence-electron chi connectivity index (χ0n) is 10.3. The molecule has 0 atom stereocenters. The molecule has 2 N–H and O–H groups in total. The van der Waals surface area contributed by atoms with E-state index in [1.165, 1.54) is 19.3 Å². The number of benzene rings is 1. The van der Waals surface area contributed by atoms with Crippen LogP contribution in [-0.2, 0) is 6.54 Å². The molecule has 0 amide bonds. The summed E-state index contributed by atoms with van der Waals surface area (Å²) in [5.74, 6) is 1.72. The second-order valence-corrected chi connectivity index (χ2v) is 4.90. The first kappa shape index (κ1) is 11.2. The number of hydrogen-bond donors (Lipinski definition) is 1. The highest BCUT2D eigenvalue weighted by Crippen LogP contribution is 2.33. The fourth-order valence-corrected chi connectivity index (χ4v) is 2.19. The molecule has 0 aliphatic heterocycles. The summed E-state index contributed by atoms with van der Waals surface area (Å²) in [6, 6.07) is 7.70. The Morgan fingerprint density at radius 1 is 1.28 bits per heavy atom. The zero-order valence-corrected chi connectivity index (χ0v) is 10.3. The summed E-state index contributed by atoms with van der Waals surface area (Å²) < 4.78 is 1.86. The Hall–Kier alpha value is -1.91. The van der Waals surface area contributed by atoms with Gasteiger partial charge in [0, 0.05) is 17.8 Å². The van der Waals surface area contributed by atoms with E-state index in [1.807, 2.05) is 28.9 Å². The van der Waals surface area contributed by atoms with E-state index >= 15 is 0 Å². The monoisotopic (exact) mass is 243 g/mol. The van der Waals surface area contributed by atoms with E-state index in [2.05, 4.69) is 15.5 Å². The third kappa shape index (κ3) is 2.34. The molecule has 1 fully saturated rings. The van der Waals surface area contributed by atoms with Crippen molar-refractivity contribution in [1.29, 1.82) is 0 Å². The van der Waals surface area contributed by atoms with Crippen LogP contribution in [0.4, 0.5) is 5.69 Å².